The van der Waals surface area contributed by atoms with Gasteiger partial charge in [-0.3, -0.25) is 4.90 Å². The van der Waals surface area contributed by atoms with Crippen molar-refractivity contribution in [3.8, 4) is 17.2 Å². The van der Waals surface area contributed by atoms with E-state index in [-0.39, 0.29) is 4.90 Å². The van der Waals surface area contributed by atoms with E-state index in [2.05, 4.69) is 283 Å². The fourth-order valence-electron chi connectivity index (χ4n) is 11.6. The van der Waals surface area contributed by atoms with Crippen LogP contribution < -0.4 is 51.3 Å². The van der Waals surface area contributed by atoms with Crippen LogP contribution in [0.2, 0.25) is 10.0 Å². The minimum atomic E-state index is -3.57. The van der Waals surface area contributed by atoms with E-state index in [4.69, 9.17) is 42.6 Å². The molecule has 0 amide bonds. The molecule has 0 spiro atoms. The normalized spacial score (nSPS) is 13.3. The van der Waals surface area contributed by atoms with Crippen LogP contribution in [0.5, 0.6) is 17.2 Å². The number of aryl methyl sites for hydroxylation is 1. The lowest BCUT2D eigenvalue weighted by Crippen LogP contribution is -2.31. The van der Waals surface area contributed by atoms with E-state index in [1.165, 1.54) is 58.2 Å². The lowest BCUT2D eigenvalue weighted by molar-refractivity contribution is 0.225. The first-order chi connectivity index (χ1) is 49.3. The summed E-state index contributed by atoms with van der Waals surface area (Å²) in [6.07, 6.45) is 5.68. The van der Waals surface area contributed by atoms with Crippen LogP contribution in [0.15, 0.2) is 205 Å². The fraction of sp³-hybridized carbons (Fsp3) is 0.455. The van der Waals surface area contributed by atoms with Crippen molar-refractivity contribution < 1.29 is 22.6 Å². The Morgan fingerprint density at radius 2 is 0.904 bits per heavy atom. The monoisotopic (exact) mass is 1480 g/mol. The van der Waals surface area contributed by atoms with E-state index < -0.39 is 10.0 Å². The van der Waals surface area contributed by atoms with E-state index in [9.17, 15) is 8.42 Å². The van der Waals surface area contributed by atoms with Gasteiger partial charge < -0.3 is 46.1 Å². The first kappa shape index (κ1) is 91.6. The minimum absolute atomic E-state index is 0.160. The third-order valence-corrected chi connectivity index (χ3v) is 18.6. The van der Waals surface area contributed by atoms with Crippen molar-refractivity contribution in [2.24, 2.45) is 5.14 Å². The molecule has 0 unspecified atom stereocenters. The molecule has 8 aromatic rings. The maximum absolute atomic E-state index is 11.0. The number of fused-ring (bicyclic) bond motifs is 1. The maximum atomic E-state index is 11.0. The molecule has 0 saturated carbocycles. The summed E-state index contributed by atoms with van der Waals surface area (Å²) in [4.78, 5) is 2.57. The quantitative estimate of drug-likeness (QED) is 0.0261. The minimum Gasteiger partial charge on any atom is -0.497 e. The molecule has 8 N–H and O–H groups in total. The van der Waals surface area contributed by atoms with Crippen LogP contribution in [0.3, 0.4) is 0 Å². The van der Waals surface area contributed by atoms with Gasteiger partial charge in [0.1, 0.15) is 17.2 Å². The summed E-state index contributed by atoms with van der Waals surface area (Å²) in [5.41, 5.74) is 11.8. The Labute approximate surface area is 640 Å². The molecule has 0 bridgehead atoms. The predicted molar refractivity (Wildman–Crippen MR) is 445 cm³/mol. The molecule has 8 aromatic carbocycles. The van der Waals surface area contributed by atoms with Crippen molar-refractivity contribution in [3.63, 3.8) is 0 Å². The summed E-state index contributed by atoms with van der Waals surface area (Å²) in [6.45, 7) is 38.6. The summed E-state index contributed by atoms with van der Waals surface area (Å²) < 4.78 is 37.5. The molecule has 13 nitrogen and oxygen atoms in total. The number of methoxy groups -OCH3 is 3. The Morgan fingerprint density at radius 1 is 0.462 bits per heavy atom. The Kier molecular flexibility index (Phi) is 44.1. The summed E-state index contributed by atoms with van der Waals surface area (Å²) >= 11 is 11.8. The van der Waals surface area contributed by atoms with Crippen molar-refractivity contribution in [2.45, 2.75) is 227 Å². The molecule has 0 fully saturated rings. The number of hydrogen-bond donors (Lipinski definition) is 7. The summed E-state index contributed by atoms with van der Waals surface area (Å²) in [7, 11) is 3.69. The highest BCUT2D eigenvalue weighted by atomic mass is 35.5. The largest absolute Gasteiger partial charge is 0.497 e. The summed E-state index contributed by atoms with van der Waals surface area (Å²) in [5, 5.41) is 27.1. The zero-order chi connectivity index (χ0) is 77.3. The number of sulfonamides is 1. The molecule has 0 heterocycles. The molecule has 0 aliphatic heterocycles. The highest BCUT2D eigenvalue weighted by Crippen LogP contribution is 2.31. The van der Waals surface area contributed by atoms with Crippen LogP contribution in [0.4, 0.5) is 0 Å². The van der Waals surface area contributed by atoms with Crippen LogP contribution in [-0.2, 0) is 29.3 Å². The molecule has 0 aromatic heterocycles. The molecular weight excluding hydrogens is 1350 g/mol. The third kappa shape index (κ3) is 37.1. The molecule has 1 aliphatic rings. The van der Waals surface area contributed by atoms with E-state index in [1.807, 2.05) is 48.5 Å². The Bertz CT molecular complexity index is 3580. The van der Waals surface area contributed by atoms with Crippen LogP contribution in [0, 0.1) is 0 Å². The second-order valence-electron chi connectivity index (χ2n) is 28.5. The molecule has 9 rings (SSSR count). The Balaban J connectivity index is 0.000000316. The number of rotatable bonds is 27. The van der Waals surface area contributed by atoms with Gasteiger partial charge in [-0.1, -0.05) is 246 Å². The molecular formula is C88H130Cl2N8O5S. The van der Waals surface area contributed by atoms with E-state index in [0.717, 1.165) is 59.3 Å². The first-order valence-corrected chi connectivity index (χ1v) is 39.5. The Hall–Kier alpha value is -6.63. The number of hydrogen-bond acceptors (Lipinski definition) is 12. The average molecular weight is 1480 g/mol. The van der Waals surface area contributed by atoms with E-state index in [1.54, 1.807) is 51.7 Å². The summed E-state index contributed by atoms with van der Waals surface area (Å²) in [6, 6.07) is 72.7. The molecule has 104 heavy (non-hydrogen) atoms. The summed E-state index contributed by atoms with van der Waals surface area (Å²) in [5.74, 6) is 2.74. The van der Waals surface area contributed by atoms with Gasteiger partial charge in [-0.15, -0.1) is 0 Å². The van der Waals surface area contributed by atoms with E-state index in [0.29, 0.717) is 77.5 Å². The van der Waals surface area contributed by atoms with Crippen LogP contribution in [0.1, 0.15) is 211 Å². The van der Waals surface area contributed by atoms with Gasteiger partial charge in [0.15, 0.2) is 0 Å². The van der Waals surface area contributed by atoms with Crippen molar-refractivity contribution in [3.05, 3.63) is 260 Å². The van der Waals surface area contributed by atoms with Gasteiger partial charge >= 0.3 is 0 Å². The number of benzene rings is 8. The average Bonchev–Trinajstić information content (AvgIpc) is 0.834. The first-order valence-electron chi connectivity index (χ1n) is 37.2. The van der Waals surface area contributed by atoms with Crippen LogP contribution in [0.25, 0.3) is 0 Å². The van der Waals surface area contributed by atoms with Gasteiger partial charge in [-0.25, -0.2) is 13.6 Å². The SMILES string of the molecule is CC(C)N(C)C(c1ccccc1)c1ccccc1.CC(C)NCCc1ccc(Cl)cc1Cl.CC(C)NCCc1ccc(S(N)(=O)=O)cc1.CC(C)N[C@@H]1CCCc2ccccc21.COc1ccc([C@H](C)NC(C)C)cc1.COc1cccc([C@@H](C)NC(C)C)c1.COc1cccc([C@H](C)NC(C)C)c1. The number of nitrogens with two attached hydrogens (primary N) is 1. The standard InChI is InChI=1S/C17H21N.C13H19N.3C12H19NO.C11H15Cl2N.C11H18N2O2S/c1-14(2)18(3)17(15-10-6-4-7-11-15)16-12-8-5-9-13-16;1-10(2)14-13-9-5-7-11-6-3-4-8-12(11)13;1-9(2)13-10(3)11-5-7-12(14-4)8-6-11;2*1-9(2)13-10(3)11-6-5-7-12(8-11)14-4;1-8(2)14-6-5-9-3-4-10(12)7-11(9)13;1-9(2)13-8-7-10-3-5-11(6-4-10)16(12,14)15/h4-14,17H,1-3H3;3-4,6,8,10,13-14H,5,7,9H2,1-2H3;3*5-10,13H,1-4H3;3-4,7-8,14H,5-6H2,1-2H3;3-6,9,13H,7-8H2,1-2H3,(H2,12,14,15)/t;13-;3*10-;;/m.1010../s1. The third-order valence-electron chi connectivity index (χ3n) is 17.1. The van der Waals surface area contributed by atoms with Crippen LogP contribution >= 0.6 is 23.2 Å². The van der Waals surface area contributed by atoms with Crippen molar-refractivity contribution in [2.75, 3.05) is 41.5 Å². The lowest BCUT2D eigenvalue weighted by atomic mass is 9.87. The predicted octanol–water partition coefficient (Wildman–Crippen LogP) is 19.8. The number of nitrogens with one attached hydrogen (secondary N) is 6. The van der Waals surface area contributed by atoms with Gasteiger partial charge in [-0.05, 0) is 198 Å². The molecule has 4 atom stereocenters. The zero-order valence-corrected chi connectivity index (χ0v) is 69.0. The Morgan fingerprint density at radius 3 is 1.33 bits per heavy atom. The maximum Gasteiger partial charge on any atom is 0.238 e. The van der Waals surface area contributed by atoms with Gasteiger partial charge in [-0.2, -0.15) is 0 Å². The van der Waals surface area contributed by atoms with Crippen molar-refractivity contribution in [1.29, 1.82) is 0 Å². The topological polar surface area (TPSA) is 163 Å². The van der Waals surface area contributed by atoms with Crippen molar-refractivity contribution >= 4 is 33.2 Å². The fourth-order valence-corrected chi connectivity index (χ4v) is 12.7. The number of ether oxygens (including phenoxy) is 3. The van der Waals surface area contributed by atoms with Crippen molar-refractivity contribution in [1.82, 2.24) is 36.8 Å². The molecule has 1 aliphatic carbocycles. The highest BCUT2D eigenvalue weighted by Gasteiger charge is 2.22. The molecule has 16 heteroatoms. The second kappa shape index (κ2) is 50.0. The number of nitrogens with zero attached hydrogens (tertiary/aromatic N) is 1. The smallest absolute Gasteiger partial charge is 0.238 e. The second-order valence-corrected chi connectivity index (χ2v) is 31.0. The lowest BCUT2D eigenvalue weighted by Gasteiger charge is -2.32. The molecule has 0 saturated heterocycles. The molecule has 0 radical (unpaired) electrons. The highest BCUT2D eigenvalue weighted by molar-refractivity contribution is 7.89. The zero-order valence-electron chi connectivity index (χ0n) is 66.7. The van der Waals surface area contributed by atoms with Gasteiger partial charge in [0.25, 0.3) is 0 Å². The number of halogens is 2. The van der Waals surface area contributed by atoms with E-state index >= 15 is 0 Å². The van der Waals surface area contributed by atoms with Gasteiger partial charge in [0.05, 0.1) is 32.3 Å². The van der Waals surface area contributed by atoms with Gasteiger partial charge in [0, 0.05) is 76.5 Å². The van der Waals surface area contributed by atoms with Gasteiger partial charge in [0.2, 0.25) is 10.0 Å². The molecule has 572 valence electrons. The van der Waals surface area contributed by atoms with Crippen LogP contribution in [-0.4, -0.2) is 97.1 Å². The number of primary sulfonamides is 1.